The topological polar surface area (TPSA) is 81.3 Å². The van der Waals surface area contributed by atoms with E-state index in [1.807, 2.05) is 0 Å². The lowest BCUT2D eigenvalue weighted by Gasteiger charge is -2.07. The van der Waals surface area contributed by atoms with E-state index in [1.54, 1.807) is 24.4 Å². The number of halogens is 1. The third-order valence-corrected chi connectivity index (χ3v) is 3.27. The van der Waals surface area contributed by atoms with Gasteiger partial charge in [-0.1, -0.05) is 17.3 Å². The van der Waals surface area contributed by atoms with Gasteiger partial charge >= 0.3 is 0 Å². The maximum atomic E-state index is 13.2. The number of ether oxygens (including phenoxy) is 1. The van der Waals surface area contributed by atoms with E-state index in [2.05, 4.69) is 15.1 Å². The predicted octanol–water partition coefficient (Wildman–Crippen LogP) is 2.56. The van der Waals surface area contributed by atoms with Crippen LogP contribution in [0.3, 0.4) is 0 Å². The maximum absolute atomic E-state index is 13.2. The molecule has 7 heteroatoms. The van der Waals surface area contributed by atoms with Crippen LogP contribution in [-0.4, -0.2) is 27.3 Å². The summed E-state index contributed by atoms with van der Waals surface area (Å²) in [5.74, 6) is 0.657. The SMILES string of the molecule is COc1cc(-c2noc(CC(O)c3cccc(F)c3)n2)ccn1. The molecule has 0 saturated carbocycles. The van der Waals surface area contributed by atoms with Gasteiger partial charge in [-0.05, 0) is 23.8 Å². The number of aromatic nitrogens is 3. The Balaban J connectivity index is 1.76. The Morgan fingerprint density at radius 1 is 1.30 bits per heavy atom. The fraction of sp³-hybridized carbons (Fsp3) is 0.188. The standard InChI is InChI=1S/C16H14FN3O3/c1-22-14-8-11(5-6-18-14)16-19-15(23-20-16)9-13(21)10-3-2-4-12(17)7-10/h2-8,13,21H,9H2,1H3. The molecule has 0 amide bonds. The van der Waals surface area contributed by atoms with Crippen LogP contribution in [0.2, 0.25) is 0 Å². The molecule has 6 nitrogen and oxygen atoms in total. The van der Waals surface area contributed by atoms with E-state index in [9.17, 15) is 9.50 Å². The first-order valence-corrected chi connectivity index (χ1v) is 6.92. The summed E-state index contributed by atoms with van der Waals surface area (Å²) in [6.07, 6.45) is 0.746. The van der Waals surface area contributed by atoms with Crippen molar-refractivity contribution in [2.45, 2.75) is 12.5 Å². The summed E-state index contributed by atoms with van der Waals surface area (Å²) < 4.78 is 23.4. The molecule has 0 radical (unpaired) electrons. The average molecular weight is 315 g/mol. The van der Waals surface area contributed by atoms with Crippen LogP contribution in [0.25, 0.3) is 11.4 Å². The molecule has 0 spiro atoms. The van der Waals surface area contributed by atoms with Gasteiger partial charge in [0.25, 0.3) is 0 Å². The summed E-state index contributed by atoms with van der Waals surface area (Å²) in [4.78, 5) is 8.23. The zero-order chi connectivity index (χ0) is 16.2. The molecule has 1 N–H and O–H groups in total. The summed E-state index contributed by atoms with van der Waals surface area (Å²) in [6, 6.07) is 9.17. The lowest BCUT2D eigenvalue weighted by atomic mass is 10.1. The number of hydrogen-bond acceptors (Lipinski definition) is 6. The fourth-order valence-electron chi connectivity index (χ4n) is 2.11. The van der Waals surface area contributed by atoms with Crippen molar-refractivity contribution in [3.63, 3.8) is 0 Å². The van der Waals surface area contributed by atoms with Crippen LogP contribution in [0.5, 0.6) is 5.88 Å². The largest absolute Gasteiger partial charge is 0.481 e. The second-order valence-corrected chi connectivity index (χ2v) is 4.87. The minimum Gasteiger partial charge on any atom is -0.481 e. The minimum atomic E-state index is -0.925. The zero-order valence-electron chi connectivity index (χ0n) is 12.3. The monoisotopic (exact) mass is 315 g/mol. The first-order chi connectivity index (χ1) is 11.2. The number of benzene rings is 1. The smallest absolute Gasteiger partial charge is 0.229 e. The van der Waals surface area contributed by atoms with Crippen LogP contribution in [-0.2, 0) is 6.42 Å². The fourth-order valence-corrected chi connectivity index (χ4v) is 2.11. The van der Waals surface area contributed by atoms with Gasteiger partial charge in [0.2, 0.25) is 17.6 Å². The van der Waals surface area contributed by atoms with Crippen LogP contribution in [0.4, 0.5) is 4.39 Å². The van der Waals surface area contributed by atoms with E-state index >= 15 is 0 Å². The molecular weight excluding hydrogens is 301 g/mol. The van der Waals surface area contributed by atoms with Crippen molar-refractivity contribution in [1.29, 1.82) is 0 Å². The van der Waals surface area contributed by atoms with Gasteiger partial charge in [0.15, 0.2) is 0 Å². The highest BCUT2D eigenvalue weighted by Gasteiger charge is 2.15. The summed E-state index contributed by atoms with van der Waals surface area (Å²) in [5.41, 5.74) is 1.14. The molecule has 0 aliphatic rings. The Hall–Kier alpha value is -2.80. The molecule has 3 rings (SSSR count). The molecule has 1 unspecified atom stereocenters. The number of rotatable bonds is 5. The highest BCUT2D eigenvalue weighted by molar-refractivity contribution is 5.55. The van der Waals surface area contributed by atoms with Gasteiger partial charge in [-0.25, -0.2) is 9.37 Å². The molecule has 1 aromatic carbocycles. The van der Waals surface area contributed by atoms with Crippen molar-refractivity contribution in [1.82, 2.24) is 15.1 Å². The Labute approximate surface area is 131 Å². The van der Waals surface area contributed by atoms with Crippen LogP contribution in [0.1, 0.15) is 17.6 Å². The van der Waals surface area contributed by atoms with Crippen molar-refractivity contribution in [3.05, 3.63) is 59.9 Å². The second-order valence-electron chi connectivity index (χ2n) is 4.87. The molecule has 0 aliphatic heterocycles. The summed E-state index contributed by atoms with van der Waals surface area (Å²) >= 11 is 0. The highest BCUT2D eigenvalue weighted by Crippen LogP contribution is 2.22. The number of aliphatic hydroxyl groups excluding tert-OH is 1. The van der Waals surface area contributed by atoms with Crippen LogP contribution >= 0.6 is 0 Å². The minimum absolute atomic E-state index is 0.0959. The van der Waals surface area contributed by atoms with Crippen LogP contribution in [0, 0.1) is 5.82 Å². The second kappa shape index (κ2) is 6.53. The molecule has 0 bridgehead atoms. The van der Waals surface area contributed by atoms with Gasteiger partial charge in [0, 0.05) is 17.8 Å². The lowest BCUT2D eigenvalue weighted by molar-refractivity contribution is 0.164. The molecule has 118 valence electrons. The Kier molecular flexibility index (Phi) is 4.29. The lowest BCUT2D eigenvalue weighted by Crippen LogP contribution is -2.02. The normalized spacial score (nSPS) is 12.1. The van der Waals surface area contributed by atoms with E-state index in [0.29, 0.717) is 22.8 Å². The van der Waals surface area contributed by atoms with Gasteiger partial charge in [0.1, 0.15) is 5.82 Å². The predicted molar refractivity (Wildman–Crippen MR) is 79.1 cm³/mol. The van der Waals surface area contributed by atoms with Gasteiger partial charge in [0.05, 0.1) is 19.6 Å². The molecule has 2 aromatic heterocycles. The summed E-state index contributed by atoms with van der Waals surface area (Å²) in [6.45, 7) is 0. The molecular formula is C16H14FN3O3. The molecule has 2 heterocycles. The van der Waals surface area contributed by atoms with E-state index in [4.69, 9.17) is 9.26 Å². The van der Waals surface area contributed by atoms with Gasteiger partial charge in [-0.2, -0.15) is 4.98 Å². The third kappa shape index (κ3) is 3.51. The van der Waals surface area contributed by atoms with Gasteiger partial charge < -0.3 is 14.4 Å². The Bertz CT molecular complexity index is 807. The van der Waals surface area contributed by atoms with E-state index in [1.165, 1.54) is 25.3 Å². The van der Waals surface area contributed by atoms with Crippen molar-refractivity contribution < 1.29 is 18.8 Å². The van der Waals surface area contributed by atoms with Gasteiger partial charge in [-0.15, -0.1) is 0 Å². The Morgan fingerprint density at radius 2 is 2.17 bits per heavy atom. The Morgan fingerprint density at radius 3 is 2.96 bits per heavy atom. The first kappa shape index (κ1) is 15.1. The highest BCUT2D eigenvalue weighted by atomic mass is 19.1. The first-order valence-electron chi connectivity index (χ1n) is 6.92. The molecule has 0 aliphatic carbocycles. The summed E-state index contributed by atoms with van der Waals surface area (Å²) in [5, 5.41) is 14.0. The number of aliphatic hydroxyl groups is 1. The van der Waals surface area contributed by atoms with Crippen molar-refractivity contribution in [3.8, 4) is 17.3 Å². The zero-order valence-corrected chi connectivity index (χ0v) is 12.3. The van der Waals surface area contributed by atoms with Crippen LogP contribution in [0.15, 0.2) is 47.1 Å². The molecule has 0 fully saturated rings. The van der Waals surface area contributed by atoms with Gasteiger partial charge in [-0.3, -0.25) is 0 Å². The van der Waals surface area contributed by atoms with Crippen LogP contribution < -0.4 is 4.74 Å². The molecule has 1 atom stereocenters. The molecule has 0 saturated heterocycles. The molecule has 3 aromatic rings. The number of pyridine rings is 1. The van der Waals surface area contributed by atoms with Crippen molar-refractivity contribution >= 4 is 0 Å². The number of hydrogen-bond donors (Lipinski definition) is 1. The number of methoxy groups -OCH3 is 1. The van der Waals surface area contributed by atoms with Crippen molar-refractivity contribution in [2.24, 2.45) is 0 Å². The average Bonchev–Trinajstić information content (AvgIpc) is 3.03. The van der Waals surface area contributed by atoms with E-state index < -0.39 is 11.9 Å². The third-order valence-electron chi connectivity index (χ3n) is 3.27. The maximum Gasteiger partial charge on any atom is 0.229 e. The summed E-state index contributed by atoms with van der Waals surface area (Å²) in [7, 11) is 1.52. The van der Waals surface area contributed by atoms with Crippen molar-refractivity contribution in [2.75, 3.05) is 7.11 Å². The number of nitrogens with zero attached hydrogens (tertiary/aromatic N) is 3. The van der Waals surface area contributed by atoms with E-state index in [0.717, 1.165) is 0 Å². The quantitative estimate of drug-likeness (QED) is 0.779. The van der Waals surface area contributed by atoms with E-state index in [-0.39, 0.29) is 12.3 Å². The molecule has 23 heavy (non-hydrogen) atoms.